The summed E-state index contributed by atoms with van der Waals surface area (Å²) in [6.45, 7) is 3.62. The van der Waals surface area contributed by atoms with E-state index in [1.807, 2.05) is 11.8 Å². The lowest BCUT2D eigenvalue weighted by Crippen LogP contribution is -2.56. The normalized spacial score (nSPS) is 23.8. The summed E-state index contributed by atoms with van der Waals surface area (Å²) in [5.74, 6) is 0.0350. The van der Waals surface area contributed by atoms with E-state index in [1.165, 1.54) is 12.8 Å². The molecule has 2 aliphatic rings. The molecule has 2 rings (SSSR count). The SMILES string of the molecule is CCN(C(=O)C1(C(N)=NO)CCOCC1)C1CCCC1. The molecule has 0 aromatic heterocycles. The highest BCUT2D eigenvalue weighted by Gasteiger charge is 2.47. The second-order valence-corrected chi connectivity index (χ2v) is 5.71. The second-order valence-electron chi connectivity index (χ2n) is 5.71. The molecule has 20 heavy (non-hydrogen) atoms. The van der Waals surface area contributed by atoms with Crippen LogP contribution in [0.25, 0.3) is 0 Å². The Morgan fingerprint density at radius 3 is 2.50 bits per heavy atom. The predicted molar refractivity (Wildman–Crippen MR) is 75.5 cm³/mol. The topological polar surface area (TPSA) is 88.2 Å². The van der Waals surface area contributed by atoms with E-state index in [9.17, 15) is 4.79 Å². The van der Waals surface area contributed by atoms with Crippen LogP contribution < -0.4 is 5.73 Å². The van der Waals surface area contributed by atoms with Crippen molar-refractivity contribution in [1.29, 1.82) is 0 Å². The van der Waals surface area contributed by atoms with Crippen molar-refractivity contribution >= 4 is 11.7 Å². The molecule has 1 saturated carbocycles. The molecule has 6 heteroatoms. The molecular weight excluding hydrogens is 258 g/mol. The van der Waals surface area contributed by atoms with Crippen LogP contribution in [-0.4, -0.2) is 47.7 Å². The summed E-state index contributed by atoms with van der Waals surface area (Å²) >= 11 is 0. The van der Waals surface area contributed by atoms with E-state index in [1.54, 1.807) is 0 Å². The van der Waals surface area contributed by atoms with E-state index in [0.717, 1.165) is 12.8 Å². The first-order valence-electron chi connectivity index (χ1n) is 7.52. The van der Waals surface area contributed by atoms with E-state index in [2.05, 4.69) is 5.16 Å². The Bertz CT molecular complexity index is 372. The highest BCUT2D eigenvalue weighted by Crippen LogP contribution is 2.35. The fourth-order valence-electron chi connectivity index (χ4n) is 3.45. The molecule has 3 N–H and O–H groups in total. The van der Waals surface area contributed by atoms with Gasteiger partial charge in [-0.05, 0) is 32.6 Å². The summed E-state index contributed by atoms with van der Waals surface area (Å²) in [6.07, 6.45) is 5.45. The average molecular weight is 283 g/mol. The van der Waals surface area contributed by atoms with E-state index in [0.29, 0.717) is 38.6 Å². The number of hydrogen-bond donors (Lipinski definition) is 2. The third-order valence-electron chi connectivity index (χ3n) is 4.72. The van der Waals surface area contributed by atoms with E-state index >= 15 is 0 Å². The van der Waals surface area contributed by atoms with Crippen LogP contribution in [0.1, 0.15) is 45.4 Å². The minimum Gasteiger partial charge on any atom is -0.409 e. The van der Waals surface area contributed by atoms with E-state index in [4.69, 9.17) is 15.7 Å². The maximum Gasteiger partial charge on any atom is 0.236 e. The summed E-state index contributed by atoms with van der Waals surface area (Å²) < 4.78 is 5.35. The van der Waals surface area contributed by atoms with Crippen molar-refractivity contribution < 1.29 is 14.7 Å². The van der Waals surface area contributed by atoms with Crippen LogP contribution in [0.15, 0.2) is 5.16 Å². The number of nitrogens with zero attached hydrogens (tertiary/aromatic N) is 2. The molecule has 0 aromatic rings. The van der Waals surface area contributed by atoms with Gasteiger partial charge in [0, 0.05) is 25.8 Å². The number of hydrogen-bond acceptors (Lipinski definition) is 4. The van der Waals surface area contributed by atoms with E-state index < -0.39 is 5.41 Å². The van der Waals surface area contributed by atoms with Gasteiger partial charge in [-0.1, -0.05) is 18.0 Å². The monoisotopic (exact) mass is 283 g/mol. The van der Waals surface area contributed by atoms with Gasteiger partial charge in [0.2, 0.25) is 5.91 Å². The molecule has 1 aliphatic carbocycles. The summed E-state index contributed by atoms with van der Waals surface area (Å²) in [5.41, 5.74) is 4.99. The molecule has 1 aliphatic heterocycles. The number of amides is 1. The van der Waals surface area contributed by atoms with Crippen LogP contribution in [0.3, 0.4) is 0 Å². The molecule has 2 fully saturated rings. The maximum absolute atomic E-state index is 13.0. The Labute approximate surface area is 119 Å². The summed E-state index contributed by atoms with van der Waals surface area (Å²) in [5, 5.41) is 12.2. The molecule has 0 aromatic carbocycles. The van der Waals surface area contributed by atoms with Crippen LogP contribution in [0.4, 0.5) is 0 Å². The fourth-order valence-corrected chi connectivity index (χ4v) is 3.45. The second kappa shape index (κ2) is 6.43. The Morgan fingerprint density at radius 1 is 1.40 bits per heavy atom. The first-order valence-corrected chi connectivity index (χ1v) is 7.52. The zero-order valence-corrected chi connectivity index (χ0v) is 12.2. The summed E-state index contributed by atoms with van der Waals surface area (Å²) in [4.78, 5) is 15.0. The van der Waals surface area contributed by atoms with Crippen molar-refractivity contribution in [2.75, 3.05) is 19.8 Å². The van der Waals surface area contributed by atoms with Crippen molar-refractivity contribution in [1.82, 2.24) is 4.90 Å². The fraction of sp³-hybridized carbons (Fsp3) is 0.857. The van der Waals surface area contributed by atoms with Crippen molar-refractivity contribution in [3.63, 3.8) is 0 Å². The van der Waals surface area contributed by atoms with Crippen LogP contribution in [0.2, 0.25) is 0 Å². The van der Waals surface area contributed by atoms with Crippen molar-refractivity contribution in [2.45, 2.75) is 51.5 Å². The molecule has 1 amide bonds. The van der Waals surface area contributed by atoms with Gasteiger partial charge in [0.1, 0.15) is 5.41 Å². The minimum absolute atomic E-state index is 0.00509. The van der Waals surface area contributed by atoms with Gasteiger partial charge in [-0.2, -0.15) is 0 Å². The lowest BCUT2D eigenvalue weighted by Gasteiger charge is -2.40. The van der Waals surface area contributed by atoms with Gasteiger partial charge in [0.05, 0.1) is 0 Å². The zero-order chi connectivity index (χ0) is 14.6. The quantitative estimate of drug-likeness (QED) is 0.352. The minimum atomic E-state index is -0.883. The Hall–Kier alpha value is -1.30. The third-order valence-corrected chi connectivity index (χ3v) is 4.72. The van der Waals surface area contributed by atoms with Gasteiger partial charge in [-0.15, -0.1) is 0 Å². The molecule has 0 radical (unpaired) electrons. The van der Waals surface area contributed by atoms with Crippen LogP contribution in [0.5, 0.6) is 0 Å². The molecule has 0 bridgehead atoms. The van der Waals surface area contributed by atoms with Gasteiger partial charge in [-0.25, -0.2) is 0 Å². The first-order chi connectivity index (χ1) is 9.65. The Balaban J connectivity index is 2.24. The molecule has 1 heterocycles. The van der Waals surface area contributed by atoms with Crippen molar-refractivity contribution in [3.05, 3.63) is 0 Å². The van der Waals surface area contributed by atoms with Crippen LogP contribution in [0, 0.1) is 5.41 Å². The van der Waals surface area contributed by atoms with Gasteiger partial charge < -0.3 is 20.6 Å². The number of carbonyl (C=O) groups excluding carboxylic acids is 1. The molecule has 1 saturated heterocycles. The number of nitrogens with two attached hydrogens (primary N) is 1. The third kappa shape index (κ3) is 2.61. The van der Waals surface area contributed by atoms with Crippen molar-refractivity contribution in [3.8, 4) is 0 Å². The molecular formula is C14H25N3O3. The predicted octanol–water partition coefficient (Wildman–Crippen LogP) is 1.32. The summed E-state index contributed by atoms with van der Waals surface area (Å²) in [6, 6.07) is 0.304. The van der Waals surface area contributed by atoms with Crippen LogP contribution >= 0.6 is 0 Å². The standard InChI is InChI=1S/C14H25N3O3/c1-2-17(11-5-3-4-6-11)13(18)14(12(15)16-19)7-9-20-10-8-14/h11,19H,2-10H2,1H3,(H2,15,16). The smallest absolute Gasteiger partial charge is 0.236 e. The highest BCUT2D eigenvalue weighted by atomic mass is 16.5. The molecule has 0 atom stereocenters. The molecule has 0 unspecified atom stereocenters. The number of rotatable bonds is 4. The lowest BCUT2D eigenvalue weighted by atomic mass is 9.77. The Kier molecular flexibility index (Phi) is 4.86. The van der Waals surface area contributed by atoms with Crippen LogP contribution in [-0.2, 0) is 9.53 Å². The number of carbonyl (C=O) groups is 1. The summed E-state index contributed by atoms with van der Waals surface area (Å²) in [7, 11) is 0. The number of ether oxygens (including phenoxy) is 1. The molecule has 6 nitrogen and oxygen atoms in total. The molecule has 114 valence electrons. The van der Waals surface area contributed by atoms with Crippen molar-refractivity contribution in [2.24, 2.45) is 16.3 Å². The first kappa shape index (κ1) is 15.1. The maximum atomic E-state index is 13.0. The Morgan fingerprint density at radius 2 is 2.00 bits per heavy atom. The van der Waals surface area contributed by atoms with Gasteiger partial charge >= 0.3 is 0 Å². The van der Waals surface area contributed by atoms with Gasteiger partial charge in [0.25, 0.3) is 0 Å². The highest BCUT2D eigenvalue weighted by molar-refractivity contribution is 6.07. The molecule has 0 spiro atoms. The largest absolute Gasteiger partial charge is 0.409 e. The van der Waals surface area contributed by atoms with Gasteiger partial charge in [0.15, 0.2) is 5.84 Å². The van der Waals surface area contributed by atoms with E-state index in [-0.39, 0.29) is 11.7 Å². The number of oxime groups is 1. The lowest BCUT2D eigenvalue weighted by molar-refractivity contribution is -0.144. The zero-order valence-electron chi connectivity index (χ0n) is 12.2. The van der Waals surface area contributed by atoms with Gasteiger partial charge in [-0.3, -0.25) is 4.79 Å². The number of amidine groups is 1. The average Bonchev–Trinajstić information content (AvgIpc) is 3.01.